The molecular weight excluding hydrogens is 282 g/mol. The van der Waals surface area contributed by atoms with Crippen LogP contribution in [0.25, 0.3) is 0 Å². The van der Waals surface area contributed by atoms with E-state index in [9.17, 15) is 8.42 Å². The maximum Gasteiger partial charge on any atom is 0.180 e. The topological polar surface area (TPSA) is 46.2 Å². The van der Waals surface area contributed by atoms with Crippen molar-refractivity contribution in [3.8, 4) is 0 Å². The Hall–Kier alpha value is -1.52. The van der Waals surface area contributed by atoms with E-state index in [4.69, 9.17) is 11.6 Å². The first-order valence-corrected chi connectivity index (χ1v) is 7.89. The number of rotatable bonds is 5. The number of nitrogens with one attached hydrogen (secondary N) is 1. The minimum absolute atomic E-state index is 0.0300. The zero-order valence-electron chi connectivity index (χ0n) is 10.2. The molecule has 0 aliphatic rings. The second kappa shape index (κ2) is 6.08. The summed E-state index contributed by atoms with van der Waals surface area (Å²) in [5, 5.41) is 3.61. The van der Waals surface area contributed by atoms with Gasteiger partial charge in [0, 0.05) is 6.54 Å². The second-order valence-corrected chi connectivity index (χ2v) is 6.55. The molecule has 0 amide bonds. The van der Waals surface area contributed by atoms with Crippen LogP contribution in [-0.4, -0.2) is 20.7 Å². The molecule has 1 N–H and O–H groups in total. The number of para-hydroxylation sites is 1. The van der Waals surface area contributed by atoms with Gasteiger partial charge in [0.2, 0.25) is 0 Å². The summed E-state index contributed by atoms with van der Waals surface area (Å²) in [5.74, 6) is 0.0300. The van der Waals surface area contributed by atoms with Gasteiger partial charge in [0.25, 0.3) is 0 Å². The Bertz CT molecular complexity index is 642. The van der Waals surface area contributed by atoms with E-state index in [1.54, 1.807) is 36.4 Å². The Morgan fingerprint density at radius 3 is 2.26 bits per heavy atom. The molecule has 0 aromatic heterocycles. The molecule has 0 saturated heterocycles. The lowest BCUT2D eigenvalue weighted by molar-refractivity contribution is 0.596. The van der Waals surface area contributed by atoms with Crippen LogP contribution in [0, 0.1) is 0 Å². The maximum atomic E-state index is 12.0. The van der Waals surface area contributed by atoms with Gasteiger partial charge in [-0.15, -0.1) is 0 Å². The number of benzene rings is 2. The number of anilines is 1. The molecule has 0 radical (unpaired) electrons. The fraction of sp³-hybridized carbons (Fsp3) is 0.143. The van der Waals surface area contributed by atoms with E-state index < -0.39 is 9.84 Å². The normalized spacial score (nSPS) is 11.2. The van der Waals surface area contributed by atoms with Gasteiger partial charge in [-0.25, -0.2) is 8.42 Å². The van der Waals surface area contributed by atoms with Crippen molar-refractivity contribution in [1.82, 2.24) is 0 Å². The monoisotopic (exact) mass is 295 g/mol. The summed E-state index contributed by atoms with van der Waals surface area (Å²) in [4.78, 5) is 0.343. The molecule has 2 rings (SSSR count). The predicted octanol–water partition coefficient (Wildman–Crippen LogP) is 3.23. The minimum atomic E-state index is -3.25. The lowest BCUT2D eigenvalue weighted by Gasteiger charge is -2.08. The summed E-state index contributed by atoms with van der Waals surface area (Å²) in [6.45, 7) is 0.320. The SMILES string of the molecule is O=S(=O)(CCNc1ccccc1Cl)c1ccccc1. The van der Waals surface area contributed by atoms with E-state index in [1.807, 2.05) is 18.2 Å². The van der Waals surface area contributed by atoms with Crippen LogP contribution in [0.15, 0.2) is 59.5 Å². The van der Waals surface area contributed by atoms with E-state index in [0.29, 0.717) is 16.5 Å². The van der Waals surface area contributed by atoms with Crippen LogP contribution in [0.5, 0.6) is 0 Å². The molecule has 0 spiro atoms. The van der Waals surface area contributed by atoms with Crippen molar-refractivity contribution in [3.63, 3.8) is 0 Å². The highest BCUT2D eigenvalue weighted by atomic mass is 35.5. The van der Waals surface area contributed by atoms with Crippen molar-refractivity contribution < 1.29 is 8.42 Å². The van der Waals surface area contributed by atoms with Crippen molar-refractivity contribution in [3.05, 3.63) is 59.6 Å². The molecule has 3 nitrogen and oxygen atoms in total. The van der Waals surface area contributed by atoms with E-state index in [0.717, 1.165) is 5.69 Å². The standard InChI is InChI=1S/C14H14ClNO2S/c15-13-8-4-5-9-14(13)16-10-11-19(17,18)12-6-2-1-3-7-12/h1-9,16H,10-11H2. The summed E-state index contributed by atoms with van der Waals surface area (Å²) in [6, 6.07) is 15.7. The molecule has 0 heterocycles. The third kappa shape index (κ3) is 3.72. The van der Waals surface area contributed by atoms with Crippen molar-refractivity contribution in [1.29, 1.82) is 0 Å². The highest BCUT2D eigenvalue weighted by molar-refractivity contribution is 7.91. The minimum Gasteiger partial charge on any atom is -0.383 e. The van der Waals surface area contributed by atoms with Crippen LogP contribution in [0.1, 0.15) is 0 Å². The van der Waals surface area contributed by atoms with Crippen molar-refractivity contribution in [2.45, 2.75) is 4.90 Å². The Kier molecular flexibility index (Phi) is 4.45. The van der Waals surface area contributed by atoms with Crippen molar-refractivity contribution >= 4 is 27.1 Å². The molecule has 100 valence electrons. The highest BCUT2D eigenvalue weighted by Crippen LogP contribution is 2.20. The van der Waals surface area contributed by atoms with Crippen LogP contribution in [0.4, 0.5) is 5.69 Å². The van der Waals surface area contributed by atoms with E-state index in [1.165, 1.54) is 0 Å². The van der Waals surface area contributed by atoms with Crippen LogP contribution in [-0.2, 0) is 9.84 Å². The molecule has 0 saturated carbocycles. The fourth-order valence-corrected chi connectivity index (χ4v) is 3.05. The first-order valence-electron chi connectivity index (χ1n) is 5.86. The Labute approximate surface area is 118 Å². The molecular formula is C14H14ClNO2S. The molecule has 19 heavy (non-hydrogen) atoms. The predicted molar refractivity (Wildman–Crippen MR) is 78.4 cm³/mol. The number of hydrogen-bond acceptors (Lipinski definition) is 3. The highest BCUT2D eigenvalue weighted by Gasteiger charge is 2.13. The molecule has 5 heteroatoms. The second-order valence-electron chi connectivity index (χ2n) is 4.04. The zero-order valence-corrected chi connectivity index (χ0v) is 11.8. The maximum absolute atomic E-state index is 12.0. The Morgan fingerprint density at radius 1 is 0.947 bits per heavy atom. The number of hydrogen-bond donors (Lipinski definition) is 1. The van der Waals surface area contributed by atoms with Gasteiger partial charge in [-0.05, 0) is 24.3 Å². The van der Waals surface area contributed by atoms with Crippen molar-refractivity contribution in [2.24, 2.45) is 0 Å². The summed E-state index contributed by atoms with van der Waals surface area (Å²) >= 11 is 5.98. The van der Waals surface area contributed by atoms with Gasteiger partial charge in [-0.3, -0.25) is 0 Å². The lowest BCUT2D eigenvalue weighted by Crippen LogP contribution is -2.16. The van der Waals surface area contributed by atoms with Gasteiger partial charge >= 0.3 is 0 Å². The number of halogens is 1. The van der Waals surface area contributed by atoms with E-state index >= 15 is 0 Å². The molecule has 0 bridgehead atoms. The largest absolute Gasteiger partial charge is 0.383 e. The third-order valence-corrected chi connectivity index (χ3v) is 4.72. The summed E-state index contributed by atoms with van der Waals surface area (Å²) in [7, 11) is -3.25. The molecule has 0 fully saturated rings. The van der Waals surface area contributed by atoms with Crippen LogP contribution >= 0.6 is 11.6 Å². The molecule has 0 atom stereocenters. The van der Waals surface area contributed by atoms with Crippen LogP contribution < -0.4 is 5.32 Å². The molecule has 0 aliphatic heterocycles. The third-order valence-electron chi connectivity index (χ3n) is 2.66. The Morgan fingerprint density at radius 2 is 1.58 bits per heavy atom. The van der Waals surface area contributed by atoms with Crippen LogP contribution in [0.2, 0.25) is 5.02 Å². The lowest BCUT2D eigenvalue weighted by atomic mass is 10.3. The van der Waals surface area contributed by atoms with Gasteiger partial charge < -0.3 is 5.32 Å². The smallest absolute Gasteiger partial charge is 0.180 e. The zero-order chi connectivity index (χ0) is 13.7. The number of sulfone groups is 1. The molecule has 2 aromatic rings. The van der Waals surface area contributed by atoms with Gasteiger partial charge in [0.1, 0.15) is 0 Å². The van der Waals surface area contributed by atoms with E-state index in [-0.39, 0.29) is 5.75 Å². The fourth-order valence-electron chi connectivity index (χ4n) is 1.67. The molecule has 2 aromatic carbocycles. The van der Waals surface area contributed by atoms with E-state index in [2.05, 4.69) is 5.32 Å². The Balaban J connectivity index is 1.98. The van der Waals surface area contributed by atoms with Crippen molar-refractivity contribution in [2.75, 3.05) is 17.6 Å². The van der Waals surface area contributed by atoms with Gasteiger partial charge in [0.15, 0.2) is 9.84 Å². The van der Waals surface area contributed by atoms with Crippen LogP contribution in [0.3, 0.4) is 0 Å². The van der Waals surface area contributed by atoms with Gasteiger partial charge in [0.05, 0.1) is 21.4 Å². The average molecular weight is 296 g/mol. The first kappa shape index (κ1) is 13.9. The molecule has 0 unspecified atom stereocenters. The van der Waals surface area contributed by atoms with Gasteiger partial charge in [-0.1, -0.05) is 41.9 Å². The molecule has 0 aliphatic carbocycles. The first-order chi connectivity index (χ1) is 9.09. The average Bonchev–Trinajstić information content (AvgIpc) is 2.42. The quantitative estimate of drug-likeness (QED) is 0.921. The summed E-state index contributed by atoms with van der Waals surface area (Å²) in [5.41, 5.74) is 0.743. The summed E-state index contributed by atoms with van der Waals surface area (Å²) in [6.07, 6.45) is 0. The van der Waals surface area contributed by atoms with Gasteiger partial charge in [-0.2, -0.15) is 0 Å². The summed E-state index contributed by atoms with van der Waals surface area (Å²) < 4.78 is 24.1.